The summed E-state index contributed by atoms with van der Waals surface area (Å²) < 4.78 is 39.4. The molecule has 5 heteroatoms. The first-order chi connectivity index (χ1) is 9.82. The first-order valence-electron chi connectivity index (χ1n) is 6.43. The molecule has 0 unspecified atom stereocenters. The Balaban J connectivity index is 2.53. The van der Waals surface area contributed by atoms with Crippen molar-refractivity contribution in [3.63, 3.8) is 0 Å². The Morgan fingerprint density at radius 1 is 1.00 bits per heavy atom. The fraction of sp³-hybridized carbons (Fsp3) is 0.188. The third-order valence-corrected chi connectivity index (χ3v) is 3.81. The fourth-order valence-corrected chi connectivity index (χ4v) is 2.68. The molecule has 2 aromatic carbocycles. The number of aryl methyl sites for hydroxylation is 2. The Labute approximate surface area is 118 Å². The van der Waals surface area contributed by atoms with Gasteiger partial charge in [0.2, 0.25) is 0 Å². The predicted molar refractivity (Wildman–Crippen MR) is 75.6 cm³/mol. The summed E-state index contributed by atoms with van der Waals surface area (Å²) in [5.41, 5.74) is 2.44. The molecule has 0 aliphatic heterocycles. The van der Waals surface area contributed by atoms with Crippen LogP contribution < -0.4 is 0 Å². The number of fused-ring (bicyclic) bond motifs is 3. The van der Waals surface area contributed by atoms with E-state index in [0.717, 1.165) is 15.7 Å². The average Bonchev–Trinajstić information content (AvgIpc) is 2.76. The van der Waals surface area contributed by atoms with Gasteiger partial charge >= 0.3 is 12.1 Å². The Kier molecular flexibility index (Phi) is 2.83. The summed E-state index contributed by atoms with van der Waals surface area (Å²) in [6, 6.07) is 9.96. The molecule has 0 fully saturated rings. The molecule has 0 N–H and O–H groups in total. The number of para-hydroxylation sites is 1. The second kappa shape index (κ2) is 4.35. The van der Waals surface area contributed by atoms with Crippen molar-refractivity contribution in [1.82, 2.24) is 4.57 Å². The lowest BCUT2D eigenvalue weighted by molar-refractivity contribution is -0.0939. The smallest absolute Gasteiger partial charge is 0.272 e. The highest BCUT2D eigenvalue weighted by Crippen LogP contribution is 2.34. The van der Waals surface area contributed by atoms with Crippen molar-refractivity contribution in [1.29, 1.82) is 0 Å². The van der Waals surface area contributed by atoms with Gasteiger partial charge in [0.15, 0.2) is 0 Å². The molecule has 0 saturated carbocycles. The second-order valence-corrected chi connectivity index (χ2v) is 5.06. The van der Waals surface area contributed by atoms with Crippen LogP contribution in [0.2, 0.25) is 0 Å². The zero-order valence-electron chi connectivity index (χ0n) is 11.5. The molecule has 0 bridgehead atoms. The molecule has 108 valence electrons. The van der Waals surface area contributed by atoms with Gasteiger partial charge in [-0.2, -0.15) is 13.2 Å². The maximum Gasteiger partial charge on any atom is 0.472 e. The number of rotatable bonds is 0. The Morgan fingerprint density at radius 2 is 1.67 bits per heavy atom. The van der Waals surface area contributed by atoms with Crippen molar-refractivity contribution in [2.45, 2.75) is 20.0 Å². The number of carbonyl (C=O) groups is 1. The molecule has 0 amide bonds. The summed E-state index contributed by atoms with van der Waals surface area (Å²) in [6.45, 7) is 3.75. The van der Waals surface area contributed by atoms with E-state index in [1.807, 2.05) is 13.8 Å². The van der Waals surface area contributed by atoms with Crippen LogP contribution >= 0.6 is 0 Å². The van der Waals surface area contributed by atoms with Crippen molar-refractivity contribution in [2.24, 2.45) is 0 Å². The van der Waals surface area contributed by atoms with Crippen molar-refractivity contribution < 1.29 is 18.0 Å². The quantitative estimate of drug-likeness (QED) is 0.592. The Hall–Kier alpha value is -2.30. The van der Waals surface area contributed by atoms with Crippen LogP contribution in [0.1, 0.15) is 15.9 Å². The van der Waals surface area contributed by atoms with Gasteiger partial charge in [-0.15, -0.1) is 0 Å². The number of hydrogen-bond donors (Lipinski definition) is 0. The standard InChI is InChI=1S/C16H12F3NO/c1-9-7-8-13-14(10(9)2)11-5-3-4-6-12(11)20(13)15(21)16(17,18)19/h3-8H,1-2H3. The van der Waals surface area contributed by atoms with Gasteiger partial charge in [0, 0.05) is 10.8 Å². The maximum absolute atomic E-state index is 12.9. The van der Waals surface area contributed by atoms with E-state index in [1.54, 1.807) is 30.3 Å². The molecular weight excluding hydrogens is 279 g/mol. The van der Waals surface area contributed by atoms with Crippen LogP contribution in [-0.2, 0) is 0 Å². The molecule has 3 rings (SSSR count). The van der Waals surface area contributed by atoms with Gasteiger partial charge in [-0.05, 0) is 37.1 Å². The van der Waals surface area contributed by atoms with E-state index in [2.05, 4.69) is 0 Å². The van der Waals surface area contributed by atoms with E-state index in [-0.39, 0.29) is 5.52 Å². The lowest BCUT2D eigenvalue weighted by atomic mass is 10.0. The number of benzene rings is 2. The van der Waals surface area contributed by atoms with Crippen molar-refractivity contribution in [3.05, 3.63) is 47.5 Å². The van der Waals surface area contributed by atoms with Gasteiger partial charge in [-0.25, -0.2) is 0 Å². The van der Waals surface area contributed by atoms with Gasteiger partial charge in [0.05, 0.1) is 11.0 Å². The minimum Gasteiger partial charge on any atom is -0.272 e. The molecule has 0 saturated heterocycles. The fourth-order valence-electron chi connectivity index (χ4n) is 2.68. The van der Waals surface area contributed by atoms with E-state index in [9.17, 15) is 18.0 Å². The Morgan fingerprint density at radius 3 is 2.33 bits per heavy atom. The average molecular weight is 291 g/mol. The van der Waals surface area contributed by atoms with Gasteiger partial charge in [0.25, 0.3) is 0 Å². The molecule has 0 aliphatic rings. The SMILES string of the molecule is Cc1ccc2c(c1C)c1ccccc1n2C(=O)C(F)(F)F. The number of halogens is 3. The summed E-state index contributed by atoms with van der Waals surface area (Å²) >= 11 is 0. The molecule has 2 nitrogen and oxygen atoms in total. The highest BCUT2D eigenvalue weighted by atomic mass is 19.4. The summed E-state index contributed by atoms with van der Waals surface area (Å²) in [4.78, 5) is 11.8. The van der Waals surface area contributed by atoms with Gasteiger partial charge in [-0.1, -0.05) is 24.3 Å². The van der Waals surface area contributed by atoms with Crippen molar-refractivity contribution in [3.8, 4) is 0 Å². The molecule has 0 aliphatic carbocycles. The van der Waals surface area contributed by atoms with Gasteiger partial charge in [0.1, 0.15) is 0 Å². The molecule has 1 heterocycles. The van der Waals surface area contributed by atoms with Crippen molar-refractivity contribution in [2.75, 3.05) is 0 Å². The number of carbonyl (C=O) groups excluding carboxylic acids is 1. The minimum absolute atomic E-state index is 0.281. The van der Waals surface area contributed by atoms with Crippen LogP contribution in [0.25, 0.3) is 21.8 Å². The van der Waals surface area contributed by atoms with Crippen LogP contribution in [0.5, 0.6) is 0 Å². The van der Waals surface area contributed by atoms with E-state index in [0.29, 0.717) is 16.3 Å². The predicted octanol–water partition coefficient (Wildman–Crippen LogP) is 4.61. The lowest BCUT2D eigenvalue weighted by Crippen LogP contribution is -2.28. The lowest BCUT2D eigenvalue weighted by Gasteiger charge is -2.09. The highest BCUT2D eigenvalue weighted by Gasteiger charge is 2.41. The van der Waals surface area contributed by atoms with E-state index in [4.69, 9.17) is 0 Å². The van der Waals surface area contributed by atoms with Crippen LogP contribution in [0.4, 0.5) is 13.2 Å². The molecule has 21 heavy (non-hydrogen) atoms. The second-order valence-electron chi connectivity index (χ2n) is 5.06. The van der Waals surface area contributed by atoms with Gasteiger partial charge < -0.3 is 0 Å². The first-order valence-corrected chi connectivity index (χ1v) is 6.43. The van der Waals surface area contributed by atoms with Crippen molar-refractivity contribution >= 4 is 27.7 Å². The van der Waals surface area contributed by atoms with Crippen LogP contribution in [0.15, 0.2) is 36.4 Å². The molecule has 3 aromatic rings. The molecule has 1 aromatic heterocycles. The summed E-state index contributed by atoms with van der Waals surface area (Å²) in [5, 5.41) is 1.36. The van der Waals surface area contributed by atoms with Gasteiger partial charge in [-0.3, -0.25) is 9.36 Å². The minimum atomic E-state index is -4.91. The summed E-state index contributed by atoms with van der Waals surface area (Å²) in [7, 11) is 0. The third-order valence-electron chi connectivity index (χ3n) is 3.81. The van der Waals surface area contributed by atoms with E-state index < -0.39 is 12.1 Å². The van der Waals surface area contributed by atoms with Crippen LogP contribution in [-0.4, -0.2) is 16.7 Å². The Bertz CT molecular complexity index is 874. The largest absolute Gasteiger partial charge is 0.472 e. The third kappa shape index (κ3) is 1.92. The molecule has 0 radical (unpaired) electrons. The first kappa shape index (κ1) is 13.7. The number of alkyl halides is 3. The van der Waals surface area contributed by atoms with E-state index in [1.165, 1.54) is 6.07 Å². The summed E-state index contributed by atoms with van der Waals surface area (Å²) in [5.74, 6) is -1.86. The number of hydrogen-bond acceptors (Lipinski definition) is 1. The van der Waals surface area contributed by atoms with Crippen LogP contribution in [0, 0.1) is 13.8 Å². The topological polar surface area (TPSA) is 22.0 Å². The number of aromatic nitrogens is 1. The van der Waals surface area contributed by atoms with E-state index >= 15 is 0 Å². The van der Waals surface area contributed by atoms with Crippen LogP contribution in [0.3, 0.4) is 0 Å². The molecule has 0 atom stereocenters. The monoisotopic (exact) mass is 291 g/mol. The molecular formula is C16H12F3NO. The summed E-state index contributed by atoms with van der Waals surface area (Å²) in [6.07, 6.45) is -4.91. The zero-order valence-corrected chi connectivity index (χ0v) is 11.5. The highest BCUT2D eigenvalue weighted by molar-refractivity contribution is 6.15. The zero-order chi connectivity index (χ0) is 15.4. The normalized spacial score (nSPS) is 12.2. The molecule has 0 spiro atoms. The number of nitrogens with zero attached hydrogens (tertiary/aromatic N) is 1. The maximum atomic E-state index is 12.9.